The normalized spacial score (nSPS) is 15.6. The summed E-state index contributed by atoms with van der Waals surface area (Å²) in [6.45, 7) is 11.8. The molecule has 0 bridgehead atoms. The third kappa shape index (κ3) is 3.69. The van der Waals surface area contributed by atoms with Gasteiger partial charge in [0, 0.05) is 6.20 Å². The minimum Gasteiger partial charge on any atom is -0.257 e. The zero-order chi connectivity index (χ0) is 14.8. The molecule has 0 amide bonds. The lowest BCUT2D eigenvalue weighted by Crippen LogP contribution is -2.41. The summed E-state index contributed by atoms with van der Waals surface area (Å²) < 4.78 is 0. The molecule has 1 heterocycles. The molecular weight excluding hydrogens is 258 g/mol. The van der Waals surface area contributed by atoms with E-state index >= 15 is 0 Å². The third-order valence-electron chi connectivity index (χ3n) is 3.77. The van der Waals surface area contributed by atoms with Crippen LogP contribution < -0.4 is 5.19 Å². The van der Waals surface area contributed by atoms with Crippen LogP contribution in [0.2, 0.25) is 19.6 Å². The molecule has 0 atom stereocenters. The van der Waals surface area contributed by atoms with E-state index in [2.05, 4.69) is 64.0 Å². The number of hydrogen-bond acceptors (Lipinski definition) is 1. The van der Waals surface area contributed by atoms with E-state index in [1.807, 2.05) is 0 Å². The third-order valence-corrected chi connectivity index (χ3v) is 5.83. The summed E-state index contributed by atoms with van der Waals surface area (Å²) in [4.78, 5) is 4.77. The van der Waals surface area contributed by atoms with Gasteiger partial charge in [0.15, 0.2) is 0 Å². The van der Waals surface area contributed by atoms with Gasteiger partial charge >= 0.3 is 0 Å². The molecule has 0 N–H and O–H groups in total. The lowest BCUT2D eigenvalue weighted by atomic mass is 9.98. The average molecular weight is 286 g/mol. The Kier molecular flexibility index (Phi) is 4.64. The molecule has 0 spiro atoms. The van der Waals surface area contributed by atoms with Crippen molar-refractivity contribution in [2.24, 2.45) is 5.92 Å². The van der Waals surface area contributed by atoms with Gasteiger partial charge in [-0.05, 0) is 47.6 Å². The van der Waals surface area contributed by atoms with Crippen LogP contribution in [0.15, 0.2) is 30.5 Å². The van der Waals surface area contributed by atoms with Crippen LogP contribution in [0.3, 0.4) is 0 Å². The summed E-state index contributed by atoms with van der Waals surface area (Å²) in [7, 11) is -1.31. The summed E-state index contributed by atoms with van der Waals surface area (Å²) in [5.74, 6) is 0.695. The van der Waals surface area contributed by atoms with Crippen molar-refractivity contribution >= 4 is 18.8 Å². The first kappa shape index (κ1) is 15.2. The highest BCUT2D eigenvalue weighted by molar-refractivity contribution is 6.89. The maximum absolute atomic E-state index is 4.77. The molecule has 1 aromatic rings. The summed E-state index contributed by atoms with van der Waals surface area (Å²) in [5.41, 5.74) is 4.10. The molecular formula is C18H27NSi. The largest absolute Gasteiger partial charge is 0.257 e. The van der Waals surface area contributed by atoms with Gasteiger partial charge in [0.05, 0.1) is 13.8 Å². The van der Waals surface area contributed by atoms with Gasteiger partial charge in [-0.3, -0.25) is 4.98 Å². The topological polar surface area (TPSA) is 12.9 Å². The fourth-order valence-electron chi connectivity index (χ4n) is 2.77. The molecule has 1 aromatic heterocycles. The van der Waals surface area contributed by atoms with Gasteiger partial charge < -0.3 is 0 Å². The van der Waals surface area contributed by atoms with E-state index in [0.717, 1.165) is 19.3 Å². The molecule has 2 rings (SSSR count). The molecule has 0 radical (unpaired) electrons. The van der Waals surface area contributed by atoms with Crippen molar-refractivity contribution in [1.82, 2.24) is 4.98 Å². The van der Waals surface area contributed by atoms with Crippen LogP contribution in [0, 0.1) is 5.92 Å². The predicted molar refractivity (Wildman–Crippen MR) is 92.1 cm³/mol. The van der Waals surface area contributed by atoms with E-state index in [4.69, 9.17) is 4.98 Å². The lowest BCUT2D eigenvalue weighted by molar-refractivity contribution is 0.648. The lowest BCUT2D eigenvalue weighted by Gasteiger charge is -2.23. The molecule has 1 aliphatic carbocycles. The van der Waals surface area contributed by atoms with Crippen LogP contribution in [0.1, 0.15) is 37.9 Å². The van der Waals surface area contributed by atoms with Gasteiger partial charge in [0.25, 0.3) is 0 Å². The molecule has 0 fully saturated rings. The Morgan fingerprint density at radius 3 is 2.55 bits per heavy atom. The van der Waals surface area contributed by atoms with Gasteiger partial charge in [-0.2, -0.15) is 0 Å². The molecule has 2 heteroatoms. The highest BCUT2D eigenvalue weighted by Gasteiger charge is 2.22. The van der Waals surface area contributed by atoms with Crippen molar-refractivity contribution in [1.29, 1.82) is 0 Å². The molecule has 108 valence electrons. The molecule has 0 aliphatic heterocycles. The number of nitrogens with zero attached hydrogens (tertiary/aromatic N) is 1. The molecule has 0 saturated carbocycles. The van der Waals surface area contributed by atoms with Crippen LogP contribution in [0.4, 0.5) is 0 Å². The highest BCUT2D eigenvalue weighted by Crippen LogP contribution is 2.23. The number of aromatic nitrogens is 1. The summed E-state index contributed by atoms with van der Waals surface area (Å²) in [6.07, 6.45) is 12.2. The van der Waals surface area contributed by atoms with E-state index in [1.165, 1.54) is 22.0 Å². The second kappa shape index (κ2) is 6.09. The van der Waals surface area contributed by atoms with Crippen molar-refractivity contribution in [3.63, 3.8) is 0 Å². The molecule has 0 aromatic carbocycles. The average Bonchev–Trinajstić information content (AvgIpc) is 2.37. The Hall–Kier alpha value is -1.15. The summed E-state index contributed by atoms with van der Waals surface area (Å²) in [5, 5.41) is 1.53. The van der Waals surface area contributed by atoms with Crippen LogP contribution in [0.25, 0.3) is 5.57 Å². The zero-order valence-corrected chi connectivity index (χ0v) is 14.5. The first-order chi connectivity index (χ1) is 9.38. The second-order valence-electron chi connectivity index (χ2n) is 7.23. The van der Waals surface area contributed by atoms with Gasteiger partial charge in [0.1, 0.15) is 0 Å². The van der Waals surface area contributed by atoms with Crippen molar-refractivity contribution in [2.45, 2.75) is 52.8 Å². The first-order valence-corrected chi connectivity index (χ1v) is 11.2. The van der Waals surface area contributed by atoms with Crippen LogP contribution >= 0.6 is 0 Å². The Balaban J connectivity index is 2.43. The van der Waals surface area contributed by atoms with Crippen molar-refractivity contribution in [3.8, 4) is 0 Å². The zero-order valence-electron chi connectivity index (χ0n) is 13.5. The van der Waals surface area contributed by atoms with E-state index in [0.29, 0.717) is 5.92 Å². The molecule has 0 unspecified atom stereocenters. The van der Waals surface area contributed by atoms with Crippen LogP contribution in [-0.4, -0.2) is 13.1 Å². The van der Waals surface area contributed by atoms with Crippen molar-refractivity contribution in [3.05, 3.63) is 41.7 Å². The van der Waals surface area contributed by atoms with Crippen LogP contribution in [-0.2, 0) is 6.42 Å². The molecule has 20 heavy (non-hydrogen) atoms. The van der Waals surface area contributed by atoms with E-state index in [1.54, 1.807) is 0 Å². The Bertz CT molecular complexity index is 533. The SMILES string of the molecule is CC(C)Cc1cc(C2=CC=CCC2)ncc1[Si](C)(C)C. The van der Waals surface area contributed by atoms with E-state index < -0.39 is 8.07 Å². The molecule has 0 saturated heterocycles. The van der Waals surface area contributed by atoms with Crippen LogP contribution in [0.5, 0.6) is 0 Å². The monoisotopic (exact) mass is 285 g/mol. The standard InChI is InChI=1S/C18H27NSi/c1-14(2)11-16-12-17(15-9-7-6-8-10-15)19-13-18(16)20(3,4)5/h6-7,9,12-14H,8,10-11H2,1-5H3. The minimum atomic E-state index is -1.31. The quantitative estimate of drug-likeness (QED) is 0.739. The van der Waals surface area contributed by atoms with Crippen molar-refractivity contribution < 1.29 is 0 Å². The number of rotatable bonds is 4. The van der Waals surface area contributed by atoms with E-state index in [-0.39, 0.29) is 0 Å². The molecule has 1 nitrogen and oxygen atoms in total. The Morgan fingerprint density at radius 1 is 1.25 bits per heavy atom. The van der Waals surface area contributed by atoms with Crippen molar-refractivity contribution in [2.75, 3.05) is 0 Å². The second-order valence-corrected chi connectivity index (χ2v) is 12.3. The van der Waals surface area contributed by atoms with E-state index in [9.17, 15) is 0 Å². The maximum Gasteiger partial charge on any atom is 0.0799 e. The molecule has 1 aliphatic rings. The number of hydrogen-bond donors (Lipinski definition) is 0. The Morgan fingerprint density at radius 2 is 2.00 bits per heavy atom. The van der Waals surface area contributed by atoms with Gasteiger partial charge in [-0.25, -0.2) is 0 Å². The summed E-state index contributed by atoms with van der Waals surface area (Å²) >= 11 is 0. The fraction of sp³-hybridized carbons (Fsp3) is 0.500. The van der Waals surface area contributed by atoms with Gasteiger partial charge in [0.2, 0.25) is 0 Å². The Labute approximate surface area is 124 Å². The summed E-state index contributed by atoms with van der Waals surface area (Å²) in [6, 6.07) is 2.36. The fourth-order valence-corrected chi connectivity index (χ4v) is 4.36. The predicted octanol–water partition coefficient (Wildman–Crippen LogP) is 4.56. The highest BCUT2D eigenvalue weighted by atomic mass is 28.3. The smallest absolute Gasteiger partial charge is 0.0799 e. The minimum absolute atomic E-state index is 0.695. The van der Waals surface area contributed by atoms with Gasteiger partial charge in [-0.1, -0.05) is 51.7 Å². The maximum atomic E-state index is 4.77. The first-order valence-electron chi connectivity index (χ1n) is 7.73. The number of pyridine rings is 1. The van der Waals surface area contributed by atoms with Gasteiger partial charge in [-0.15, -0.1) is 0 Å². The number of allylic oxidation sites excluding steroid dienone is 4.